The fourth-order valence-corrected chi connectivity index (χ4v) is 1.94. The average Bonchev–Trinajstić information content (AvgIpc) is 2.65. The van der Waals surface area contributed by atoms with Crippen LogP contribution in [0.2, 0.25) is 0 Å². The molecule has 5 nitrogen and oxygen atoms in total. The number of methoxy groups -OCH3 is 1. The summed E-state index contributed by atoms with van der Waals surface area (Å²) in [7, 11) is 3.30. The Morgan fingerprint density at radius 1 is 1.62 bits per heavy atom. The van der Waals surface area contributed by atoms with Crippen molar-refractivity contribution in [2.45, 2.75) is 12.5 Å². The van der Waals surface area contributed by atoms with Crippen LogP contribution in [0.25, 0.3) is 0 Å². The molecule has 92 valence electrons. The SMILES string of the molecule is C=C(CNC)CN1CCC(NC(=O)OC)C1. The molecular formula is C11H21N3O2. The van der Waals surface area contributed by atoms with Crippen LogP contribution in [0.15, 0.2) is 12.2 Å². The minimum Gasteiger partial charge on any atom is -0.453 e. The fourth-order valence-electron chi connectivity index (χ4n) is 1.94. The van der Waals surface area contributed by atoms with Crippen LogP contribution in [0.4, 0.5) is 4.79 Å². The van der Waals surface area contributed by atoms with Gasteiger partial charge in [-0.15, -0.1) is 0 Å². The van der Waals surface area contributed by atoms with Gasteiger partial charge in [0.25, 0.3) is 0 Å². The first-order chi connectivity index (χ1) is 7.65. The highest BCUT2D eigenvalue weighted by atomic mass is 16.5. The van der Waals surface area contributed by atoms with E-state index in [0.717, 1.165) is 32.6 Å². The van der Waals surface area contributed by atoms with Gasteiger partial charge in [0.15, 0.2) is 0 Å². The summed E-state index contributed by atoms with van der Waals surface area (Å²) < 4.78 is 4.57. The van der Waals surface area contributed by atoms with E-state index >= 15 is 0 Å². The van der Waals surface area contributed by atoms with Gasteiger partial charge < -0.3 is 15.4 Å². The lowest BCUT2D eigenvalue weighted by molar-refractivity contribution is 0.166. The van der Waals surface area contributed by atoms with E-state index < -0.39 is 0 Å². The van der Waals surface area contributed by atoms with Crippen molar-refractivity contribution in [1.29, 1.82) is 0 Å². The zero-order valence-electron chi connectivity index (χ0n) is 10.1. The van der Waals surface area contributed by atoms with E-state index in [1.165, 1.54) is 12.7 Å². The van der Waals surface area contributed by atoms with Crippen molar-refractivity contribution in [2.75, 3.05) is 40.3 Å². The van der Waals surface area contributed by atoms with Gasteiger partial charge in [-0.2, -0.15) is 0 Å². The van der Waals surface area contributed by atoms with Crippen molar-refractivity contribution in [3.8, 4) is 0 Å². The van der Waals surface area contributed by atoms with Crippen molar-refractivity contribution in [3.05, 3.63) is 12.2 Å². The van der Waals surface area contributed by atoms with E-state index in [9.17, 15) is 4.79 Å². The van der Waals surface area contributed by atoms with Crippen LogP contribution in [-0.4, -0.2) is 57.4 Å². The molecule has 0 spiro atoms. The summed E-state index contributed by atoms with van der Waals surface area (Å²) in [5.74, 6) is 0. The molecule has 0 aromatic heterocycles. The summed E-state index contributed by atoms with van der Waals surface area (Å²) in [4.78, 5) is 13.3. The molecule has 0 aromatic rings. The summed E-state index contributed by atoms with van der Waals surface area (Å²) in [5.41, 5.74) is 1.17. The maximum atomic E-state index is 11.0. The number of amides is 1. The van der Waals surface area contributed by atoms with Crippen molar-refractivity contribution >= 4 is 6.09 Å². The monoisotopic (exact) mass is 227 g/mol. The van der Waals surface area contributed by atoms with E-state index in [2.05, 4.69) is 26.8 Å². The number of hydrogen-bond acceptors (Lipinski definition) is 4. The van der Waals surface area contributed by atoms with E-state index in [1.54, 1.807) is 0 Å². The molecule has 1 aliphatic rings. The molecule has 0 aliphatic carbocycles. The summed E-state index contributed by atoms with van der Waals surface area (Å²) in [5, 5.41) is 5.89. The highest BCUT2D eigenvalue weighted by molar-refractivity contribution is 5.67. The van der Waals surface area contributed by atoms with E-state index in [4.69, 9.17) is 0 Å². The third-order valence-electron chi connectivity index (χ3n) is 2.65. The van der Waals surface area contributed by atoms with E-state index in [-0.39, 0.29) is 12.1 Å². The minimum atomic E-state index is -0.346. The number of nitrogens with zero attached hydrogens (tertiary/aromatic N) is 1. The second kappa shape index (κ2) is 6.50. The number of carbonyl (C=O) groups excluding carboxylic acids is 1. The Morgan fingerprint density at radius 3 is 3.00 bits per heavy atom. The first kappa shape index (κ1) is 13.0. The molecule has 2 N–H and O–H groups in total. The molecule has 1 fully saturated rings. The second-order valence-electron chi connectivity index (χ2n) is 4.14. The predicted molar refractivity (Wildman–Crippen MR) is 63.5 cm³/mol. The molecule has 16 heavy (non-hydrogen) atoms. The van der Waals surface area contributed by atoms with Crippen molar-refractivity contribution in [3.63, 3.8) is 0 Å². The van der Waals surface area contributed by atoms with Crippen LogP contribution in [0.3, 0.4) is 0 Å². The van der Waals surface area contributed by atoms with Crippen molar-refractivity contribution in [2.24, 2.45) is 0 Å². The largest absolute Gasteiger partial charge is 0.453 e. The smallest absolute Gasteiger partial charge is 0.407 e. The molecule has 1 aliphatic heterocycles. The summed E-state index contributed by atoms with van der Waals surface area (Å²) in [6.07, 6.45) is 0.628. The van der Waals surface area contributed by atoms with Gasteiger partial charge in [-0.3, -0.25) is 4.90 Å². The molecule has 1 amide bonds. The maximum Gasteiger partial charge on any atom is 0.407 e. The highest BCUT2D eigenvalue weighted by Crippen LogP contribution is 2.10. The number of hydrogen-bond donors (Lipinski definition) is 2. The molecule has 0 aromatic carbocycles. The number of carbonyl (C=O) groups is 1. The highest BCUT2D eigenvalue weighted by Gasteiger charge is 2.23. The van der Waals surface area contributed by atoms with Crippen molar-refractivity contribution < 1.29 is 9.53 Å². The standard InChI is InChI=1S/C11H21N3O2/c1-9(6-12-2)7-14-5-4-10(8-14)13-11(15)16-3/h10,12H,1,4-8H2,2-3H3,(H,13,15). The van der Waals surface area contributed by atoms with Gasteiger partial charge in [-0.05, 0) is 19.0 Å². The van der Waals surface area contributed by atoms with Crippen LogP contribution in [0, 0.1) is 0 Å². The van der Waals surface area contributed by atoms with Gasteiger partial charge in [0.05, 0.1) is 7.11 Å². The Hall–Kier alpha value is -1.07. The number of nitrogens with one attached hydrogen (secondary N) is 2. The van der Waals surface area contributed by atoms with Crippen LogP contribution in [0.1, 0.15) is 6.42 Å². The molecule has 1 saturated heterocycles. The second-order valence-corrected chi connectivity index (χ2v) is 4.14. The van der Waals surface area contributed by atoms with Crippen molar-refractivity contribution in [1.82, 2.24) is 15.5 Å². The molecule has 1 atom stereocenters. The lowest BCUT2D eigenvalue weighted by atomic mass is 10.3. The third kappa shape index (κ3) is 4.20. The third-order valence-corrected chi connectivity index (χ3v) is 2.65. The number of rotatable bonds is 5. The topological polar surface area (TPSA) is 53.6 Å². The van der Waals surface area contributed by atoms with Crippen LogP contribution in [0.5, 0.6) is 0 Å². The average molecular weight is 227 g/mol. The molecule has 1 unspecified atom stereocenters. The fraction of sp³-hybridized carbons (Fsp3) is 0.727. The Labute approximate surface area is 96.8 Å². The van der Waals surface area contributed by atoms with E-state index in [1.807, 2.05) is 7.05 Å². The van der Waals surface area contributed by atoms with Gasteiger partial charge in [-0.25, -0.2) is 4.79 Å². The first-order valence-electron chi connectivity index (χ1n) is 5.53. The predicted octanol–water partition coefficient (Wildman–Crippen LogP) is 0.192. The lowest BCUT2D eigenvalue weighted by Gasteiger charge is -2.17. The van der Waals surface area contributed by atoms with Gasteiger partial charge in [0.1, 0.15) is 0 Å². The zero-order valence-corrected chi connectivity index (χ0v) is 10.1. The molecule has 1 heterocycles. The van der Waals surface area contributed by atoms with E-state index in [0.29, 0.717) is 0 Å². The van der Waals surface area contributed by atoms with Gasteiger partial charge in [0.2, 0.25) is 0 Å². The number of alkyl carbamates (subject to hydrolysis) is 1. The summed E-state index contributed by atoms with van der Waals surface area (Å²) in [6, 6.07) is 0.204. The zero-order chi connectivity index (χ0) is 12.0. The lowest BCUT2D eigenvalue weighted by Crippen LogP contribution is -2.37. The van der Waals surface area contributed by atoms with Gasteiger partial charge >= 0.3 is 6.09 Å². The van der Waals surface area contributed by atoms with Crippen LogP contribution >= 0.6 is 0 Å². The minimum absolute atomic E-state index is 0.204. The quantitative estimate of drug-likeness (QED) is 0.658. The first-order valence-corrected chi connectivity index (χ1v) is 5.53. The van der Waals surface area contributed by atoms with Gasteiger partial charge in [0, 0.05) is 32.2 Å². The maximum absolute atomic E-state index is 11.0. The molecule has 0 saturated carbocycles. The normalized spacial score (nSPS) is 20.8. The molecule has 0 bridgehead atoms. The Balaban J connectivity index is 2.24. The van der Waals surface area contributed by atoms with Crippen LogP contribution < -0.4 is 10.6 Å². The summed E-state index contributed by atoms with van der Waals surface area (Å²) in [6.45, 7) is 7.59. The molecular weight excluding hydrogens is 206 g/mol. The summed E-state index contributed by atoms with van der Waals surface area (Å²) >= 11 is 0. The molecule has 5 heteroatoms. The Morgan fingerprint density at radius 2 is 2.38 bits per heavy atom. The number of likely N-dealkylation sites (tertiary alicyclic amines) is 1. The molecule has 0 radical (unpaired) electrons. The Bertz CT molecular complexity index is 256. The molecule has 1 rings (SSSR count). The van der Waals surface area contributed by atoms with Crippen LogP contribution in [-0.2, 0) is 4.74 Å². The Kier molecular flexibility index (Phi) is 5.28. The van der Waals surface area contributed by atoms with Gasteiger partial charge in [-0.1, -0.05) is 6.58 Å². The number of likely N-dealkylation sites (N-methyl/N-ethyl adjacent to an activating group) is 1. The number of ether oxygens (including phenoxy) is 1.